The van der Waals surface area contributed by atoms with E-state index in [9.17, 15) is 0 Å². The maximum atomic E-state index is 6.28. The van der Waals surface area contributed by atoms with Crippen molar-refractivity contribution in [2.24, 2.45) is 5.73 Å². The van der Waals surface area contributed by atoms with Crippen molar-refractivity contribution >= 4 is 16.6 Å². The Kier molecular flexibility index (Phi) is 9.97. The molecule has 7 nitrogen and oxygen atoms in total. The van der Waals surface area contributed by atoms with Crippen LogP contribution in [0, 0.1) is 5.41 Å². The lowest BCUT2D eigenvalue weighted by Crippen LogP contribution is -2.01. The largest absolute Gasteiger partial charge is 0.493 e. The topological polar surface area (TPSA) is 107 Å². The lowest BCUT2D eigenvalue weighted by molar-refractivity contribution is 0.172. The van der Waals surface area contributed by atoms with Crippen molar-refractivity contribution in [3.8, 4) is 17.1 Å². The molecule has 1 heterocycles. The van der Waals surface area contributed by atoms with Gasteiger partial charge in [0, 0.05) is 31.6 Å². The summed E-state index contributed by atoms with van der Waals surface area (Å²) in [6, 6.07) is 12.3. The minimum atomic E-state index is 0.167. The van der Waals surface area contributed by atoms with Gasteiger partial charge in [-0.2, -0.15) is 4.98 Å². The van der Waals surface area contributed by atoms with Crippen LogP contribution in [0.4, 0.5) is 0 Å². The third-order valence-electron chi connectivity index (χ3n) is 4.69. The summed E-state index contributed by atoms with van der Waals surface area (Å²) in [6.07, 6.45) is 4.30. The van der Waals surface area contributed by atoms with E-state index >= 15 is 0 Å². The number of benzene rings is 2. The molecule has 3 rings (SSSR count). The number of fused-ring (bicyclic) bond motifs is 1. The fraction of sp³-hybridized carbons (Fsp3) is 0.458. The number of nitrogens with two attached hydrogens (primary N) is 1. The van der Waals surface area contributed by atoms with Crippen LogP contribution in [0.1, 0.15) is 58.3 Å². The standard InChI is InChI=1S/C22H28N2O3.C2H6N2/c1-4-5-7-16(2)22-23-21(24-27-22)19-9-8-18-15-20(11-10-17(18)14-19)26-13-6-12-25-3;1-2(3)4/h8-11,14-16H,4-7,12-13H2,1-3H3;1H3,(H3,3,4)/t16-;/m0./s1. The van der Waals surface area contributed by atoms with Gasteiger partial charge in [-0.15, -0.1) is 0 Å². The van der Waals surface area contributed by atoms with Crippen LogP contribution in [0.15, 0.2) is 40.9 Å². The number of nitrogens with one attached hydrogen (secondary N) is 1. The van der Waals surface area contributed by atoms with E-state index in [0.717, 1.165) is 40.8 Å². The van der Waals surface area contributed by atoms with Crippen molar-refractivity contribution in [2.75, 3.05) is 20.3 Å². The van der Waals surface area contributed by atoms with Crippen LogP contribution in [-0.2, 0) is 4.74 Å². The summed E-state index contributed by atoms with van der Waals surface area (Å²) in [5.41, 5.74) is 5.66. The quantitative estimate of drug-likeness (QED) is 0.250. The Bertz CT molecular complexity index is 951. The summed E-state index contributed by atoms with van der Waals surface area (Å²) in [4.78, 5) is 4.60. The lowest BCUT2D eigenvalue weighted by atomic mass is 10.0. The Morgan fingerprint density at radius 1 is 1.13 bits per heavy atom. The van der Waals surface area contributed by atoms with Crippen LogP contribution >= 0.6 is 0 Å². The molecule has 3 aromatic rings. The number of hydrogen-bond donors (Lipinski definition) is 2. The second kappa shape index (κ2) is 12.7. The van der Waals surface area contributed by atoms with Gasteiger partial charge in [-0.1, -0.05) is 50.0 Å². The molecular formula is C24H34N4O3. The summed E-state index contributed by atoms with van der Waals surface area (Å²) in [5.74, 6) is 2.70. The van der Waals surface area contributed by atoms with Gasteiger partial charge in [0.1, 0.15) is 5.75 Å². The van der Waals surface area contributed by atoms with E-state index in [1.807, 2.05) is 12.1 Å². The molecule has 31 heavy (non-hydrogen) atoms. The summed E-state index contributed by atoms with van der Waals surface area (Å²) in [5, 5.41) is 12.7. The predicted octanol–water partition coefficient (Wildman–Crippen LogP) is 5.54. The zero-order valence-corrected chi connectivity index (χ0v) is 19.0. The van der Waals surface area contributed by atoms with E-state index in [0.29, 0.717) is 25.0 Å². The Labute approximate surface area is 184 Å². The molecule has 3 N–H and O–H groups in total. The molecule has 0 saturated heterocycles. The van der Waals surface area contributed by atoms with Gasteiger partial charge in [-0.05, 0) is 42.3 Å². The van der Waals surface area contributed by atoms with Crippen LogP contribution in [0.5, 0.6) is 5.75 Å². The molecule has 168 valence electrons. The summed E-state index contributed by atoms with van der Waals surface area (Å²) >= 11 is 0. The van der Waals surface area contributed by atoms with Crippen LogP contribution < -0.4 is 10.5 Å². The summed E-state index contributed by atoms with van der Waals surface area (Å²) in [6.45, 7) is 7.22. The molecule has 0 saturated carbocycles. The van der Waals surface area contributed by atoms with Crippen molar-refractivity contribution in [3.05, 3.63) is 42.3 Å². The number of hydrogen-bond acceptors (Lipinski definition) is 6. The van der Waals surface area contributed by atoms with E-state index in [1.165, 1.54) is 19.8 Å². The SMILES string of the molecule is CC(=N)N.CCCC[C@H](C)c1nc(-c2ccc3cc(OCCCOC)ccc3c2)no1. The second-order valence-electron chi connectivity index (χ2n) is 7.60. The predicted molar refractivity (Wildman–Crippen MR) is 125 cm³/mol. The first-order chi connectivity index (χ1) is 14.9. The maximum absolute atomic E-state index is 6.28. The smallest absolute Gasteiger partial charge is 0.229 e. The summed E-state index contributed by atoms with van der Waals surface area (Å²) in [7, 11) is 1.70. The van der Waals surface area contributed by atoms with Crippen LogP contribution in [0.3, 0.4) is 0 Å². The molecule has 0 aliphatic carbocycles. The van der Waals surface area contributed by atoms with Gasteiger partial charge in [0.2, 0.25) is 11.7 Å². The van der Waals surface area contributed by atoms with Gasteiger partial charge >= 0.3 is 0 Å². The maximum Gasteiger partial charge on any atom is 0.229 e. The Morgan fingerprint density at radius 2 is 1.84 bits per heavy atom. The Balaban J connectivity index is 0.000000785. The van der Waals surface area contributed by atoms with Gasteiger partial charge in [0.25, 0.3) is 0 Å². The number of nitrogens with zero attached hydrogens (tertiary/aromatic N) is 2. The molecule has 0 aliphatic heterocycles. The molecular weight excluding hydrogens is 392 g/mol. The zero-order valence-electron chi connectivity index (χ0n) is 19.0. The molecule has 7 heteroatoms. The van der Waals surface area contributed by atoms with Crippen LogP contribution in [0.2, 0.25) is 0 Å². The minimum absolute atomic E-state index is 0.167. The van der Waals surface area contributed by atoms with Crippen LogP contribution in [0.25, 0.3) is 22.2 Å². The molecule has 1 atom stereocenters. The van der Waals surface area contributed by atoms with Crippen LogP contribution in [-0.4, -0.2) is 36.3 Å². The molecule has 0 aliphatic rings. The van der Waals surface area contributed by atoms with Crippen molar-refractivity contribution in [2.45, 2.75) is 52.4 Å². The number of rotatable bonds is 10. The van der Waals surface area contributed by atoms with Gasteiger partial charge in [0.05, 0.1) is 12.4 Å². The number of amidine groups is 1. The highest BCUT2D eigenvalue weighted by Gasteiger charge is 2.15. The highest BCUT2D eigenvalue weighted by molar-refractivity contribution is 5.87. The molecule has 0 bridgehead atoms. The normalized spacial score (nSPS) is 11.6. The van der Waals surface area contributed by atoms with E-state index in [2.05, 4.69) is 48.3 Å². The number of ether oxygens (including phenoxy) is 2. The number of unbranched alkanes of at least 4 members (excludes halogenated alkanes) is 1. The average Bonchev–Trinajstić information content (AvgIpc) is 3.25. The van der Waals surface area contributed by atoms with Gasteiger partial charge in [-0.25, -0.2) is 0 Å². The van der Waals surface area contributed by atoms with E-state index in [-0.39, 0.29) is 5.84 Å². The number of methoxy groups -OCH3 is 1. The lowest BCUT2D eigenvalue weighted by Gasteiger charge is -2.07. The molecule has 0 radical (unpaired) electrons. The molecule has 0 unspecified atom stereocenters. The fourth-order valence-electron chi connectivity index (χ4n) is 3.03. The molecule has 0 fully saturated rings. The van der Waals surface area contributed by atoms with Gasteiger partial charge in [0.15, 0.2) is 0 Å². The van der Waals surface area contributed by atoms with Crippen molar-refractivity contribution in [3.63, 3.8) is 0 Å². The third kappa shape index (κ3) is 8.02. The molecule has 0 amide bonds. The highest BCUT2D eigenvalue weighted by atomic mass is 16.5. The van der Waals surface area contributed by atoms with Crippen molar-refractivity contribution in [1.29, 1.82) is 5.41 Å². The number of aromatic nitrogens is 2. The van der Waals surface area contributed by atoms with Gasteiger partial charge in [-0.3, -0.25) is 5.41 Å². The fourth-order valence-corrected chi connectivity index (χ4v) is 3.03. The summed E-state index contributed by atoms with van der Waals surface area (Å²) < 4.78 is 16.3. The molecule has 1 aromatic heterocycles. The van der Waals surface area contributed by atoms with E-state index in [4.69, 9.17) is 25.1 Å². The highest BCUT2D eigenvalue weighted by Crippen LogP contribution is 2.27. The van der Waals surface area contributed by atoms with E-state index in [1.54, 1.807) is 7.11 Å². The minimum Gasteiger partial charge on any atom is -0.493 e. The van der Waals surface area contributed by atoms with Crippen molar-refractivity contribution < 1.29 is 14.0 Å². The Hall–Kier alpha value is -2.93. The first kappa shape index (κ1) is 24.3. The second-order valence-corrected chi connectivity index (χ2v) is 7.60. The first-order valence-corrected chi connectivity index (χ1v) is 10.7. The van der Waals surface area contributed by atoms with Crippen molar-refractivity contribution in [1.82, 2.24) is 10.1 Å². The Morgan fingerprint density at radius 3 is 2.55 bits per heavy atom. The zero-order chi connectivity index (χ0) is 22.6. The van der Waals surface area contributed by atoms with Gasteiger partial charge < -0.3 is 19.7 Å². The molecule has 2 aromatic carbocycles. The monoisotopic (exact) mass is 426 g/mol. The molecule has 0 spiro atoms. The first-order valence-electron chi connectivity index (χ1n) is 10.7. The van der Waals surface area contributed by atoms with E-state index < -0.39 is 0 Å². The average molecular weight is 427 g/mol. The third-order valence-corrected chi connectivity index (χ3v) is 4.69.